The molecule has 1 heteroatoms. The maximum absolute atomic E-state index is 2.45. The van der Waals surface area contributed by atoms with Gasteiger partial charge in [-0.25, -0.2) is 0 Å². The number of likely N-dealkylation sites (tertiary alicyclic amines) is 1. The lowest BCUT2D eigenvalue weighted by molar-refractivity contribution is 0.309. The maximum Gasteiger partial charge on any atom is 0.0172 e. The molecule has 0 atom stereocenters. The summed E-state index contributed by atoms with van der Waals surface area (Å²) in [5, 5.41) is 0. The largest absolute Gasteiger partial charge is 0.378 e. The quantitative estimate of drug-likeness (QED) is 0.641. The molecule has 1 radical (unpaired) electrons. The molecular formula is C12H22N. The molecule has 0 spiro atoms. The van der Waals surface area contributed by atoms with Crippen LogP contribution in [0.5, 0.6) is 0 Å². The molecule has 75 valence electrons. The highest BCUT2D eigenvalue weighted by atomic mass is 15.1. The highest BCUT2D eigenvalue weighted by Gasteiger charge is 2.04. The van der Waals surface area contributed by atoms with Crippen molar-refractivity contribution in [3.8, 4) is 0 Å². The lowest BCUT2D eigenvalue weighted by atomic mass is 10.1. The van der Waals surface area contributed by atoms with Gasteiger partial charge in [0.15, 0.2) is 0 Å². The third-order valence-corrected chi connectivity index (χ3v) is 2.78. The Morgan fingerprint density at radius 1 is 1.23 bits per heavy atom. The fourth-order valence-electron chi connectivity index (χ4n) is 1.61. The Bertz CT molecular complexity index is 145. The van der Waals surface area contributed by atoms with Gasteiger partial charge in [0.25, 0.3) is 0 Å². The van der Waals surface area contributed by atoms with E-state index in [1.54, 1.807) is 5.92 Å². The SMILES string of the molecule is CC[C](C)CC=CN1CCCCC1. The van der Waals surface area contributed by atoms with Crippen molar-refractivity contribution < 1.29 is 0 Å². The molecular weight excluding hydrogens is 158 g/mol. The smallest absolute Gasteiger partial charge is 0.0172 e. The van der Waals surface area contributed by atoms with Crippen molar-refractivity contribution in [1.82, 2.24) is 4.90 Å². The zero-order chi connectivity index (χ0) is 9.52. The Morgan fingerprint density at radius 2 is 1.92 bits per heavy atom. The van der Waals surface area contributed by atoms with Gasteiger partial charge in [0.1, 0.15) is 0 Å². The molecule has 0 saturated carbocycles. The van der Waals surface area contributed by atoms with Crippen LogP contribution in [0.15, 0.2) is 12.3 Å². The molecule has 1 heterocycles. The molecule has 0 unspecified atom stereocenters. The summed E-state index contributed by atoms with van der Waals surface area (Å²) in [5.74, 6) is 1.58. The third kappa shape index (κ3) is 4.35. The second-order valence-corrected chi connectivity index (χ2v) is 4.00. The van der Waals surface area contributed by atoms with Gasteiger partial charge >= 0.3 is 0 Å². The van der Waals surface area contributed by atoms with Crippen molar-refractivity contribution >= 4 is 0 Å². The molecule has 1 saturated heterocycles. The van der Waals surface area contributed by atoms with Crippen LogP contribution < -0.4 is 0 Å². The average Bonchev–Trinajstić information content (AvgIpc) is 2.19. The van der Waals surface area contributed by atoms with E-state index in [9.17, 15) is 0 Å². The predicted molar refractivity (Wildman–Crippen MR) is 58.4 cm³/mol. The van der Waals surface area contributed by atoms with Crippen LogP contribution in [-0.4, -0.2) is 18.0 Å². The first kappa shape index (κ1) is 10.6. The predicted octanol–water partition coefficient (Wildman–Crippen LogP) is 3.38. The van der Waals surface area contributed by atoms with E-state index in [-0.39, 0.29) is 0 Å². The van der Waals surface area contributed by atoms with Crippen molar-refractivity contribution in [2.45, 2.75) is 46.0 Å². The summed E-state index contributed by atoms with van der Waals surface area (Å²) in [5.41, 5.74) is 0. The average molecular weight is 180 g/mol. The Hall–Kier alpha value is -0.460. The summed E-state index contributed by atoms with van der Waals surface area (Å²) in [6.45, 7) is 6.99. The second kappa shape index (κ2) is 6.06. The van der Waals surface area contributed by atoms with Crippen LogP contribution in [0.1, 0.15) is 46.0 Å². The van der Waals surface area contributed by atoms with Gasteiger partial charge in [-0.1, -0.05) is 19.9 Å². The fourth-order valence-corrected chi connectivity index (χ4v) is 1.61. The van der Waals surface area contributed by atoms with Gasteiger partial charge in [0.05, 0.1) is 0 Å². The second-order valence-electron chi connectivity index (χ2n) is 4.00. The minimum Gasteiger partial charge on any atom is -0.378 e. The summed E-state index contributed by atoms with van der Waals surface area (Å²) in [6.07, 6.45) is 11.1. The van der Waals surface area contributed by atoms with E-state index in [1.807, 2.05) is 0 Å². The van der Waals surface area contributed by atoms with E-state index < -0.39 is 0 Å². The summed E-state index contributed by atoms with van der Waals surface area (Å²) in [4.78, 5) is 2.45. The van der Waals surface area contributed by atoms with Crippen molar-refractivity contribution in [3.05, 3.63) is 18.2 Å². The van der Waals surface area contributed by atoms with Crippen LogP contribution in [0.3, 0.4) is 0 Å². The Balaban J connectivity index is 2.14. The maximum atomic E-state index is 2.45. The summed E-state index contributed by atoms with van der Waals surface area (Å²) in [7, 11) is 0. The van der Waals surface area contributed by atoms with Gasteiger partial charge in [0.2, 0.25) is 0 Å². The molecule has 1 rings (SSSR count). The van der Waals surface area contributed by atoms with Gasteiger partial charge in [-0.15, -0.1) is 0 Å². The number of rotatable bonds is 4. The van der Waals surface area contributed by atoms with E-state index >= 15 is 0 Å². The zero-order valence-electron chi connectivity index (χ0n) is 9.05. The number of hydrogen-bond acceptors (Lipinski definition) is 1. The van der Waals surface area contributed by atoms with E-state index in [4.69, 9.17) is 0 Å². The van der Waals surface area contributed by atoms with Gasteiger partial charge in [-0.05, 0) is 44.2 Å². The molecule has 0 aliphatic carbocycles. The Labute approximate surface area is 82.8 Å². The lowest BCUT2D eigenvalue weighted by Gasteiger charge is -2.24. The number of piperidine rings is 1. The minimum atomic E-state index is 1.16. The summed E-state index contributed by atoms with van der Waals surface area (Å²) < 4.78 is 0. The number of allylic oxidation sites excluding steroid dienone is 1. The highest BCUT2D eigenvalue weighted by Crippen LogP contribution is 2.12. The van der Waals surface area contributed by atoms with Crippen molar-refractivity contribution in [3.63, 3.8) is 0 Å². The van der Waals surface area contributed by atoms with Crippen LogP contribution in [-0.2, 0) is 0 Å². The first-order chi connectivity index (χ1) is 6.33. The van der Waals surface area contributed by atoms with Crippen LogP contribution >= 0.6 is 0 Å². The van der Waals surface area contributed by atoms with Crippen LogP contribution in [0, 0.1) is 5.92 Å². The normalized spacial score (nSPS) is 18.8. The standard InChI is InChI=1S/C12H22N/c1-3-12(2)8-7-11-13-9-5-4-6-10-13/h7,11H,3-6,8-10H2,1-2H3. The van der Waals surface area contributed by atoms with E-state index in [0.29, 0.717) is 0 Å². The molecule has 1 nitrogen and oxygen atoms in total. The number of hydrogen-bond donors (Lipinski definition) is 0. The van der Waals surface area contributed by atoms with Crippen molar-refractivity contribution in [1.29, 1.82) is 0 Å². The van der Waals surface area contributed by atoms with E-state index in [1.165, 1.54) is 38.8 Å². The highest BCUT2D eigenvalue weighted by molar-refractivity contribution is 4.94. The van der Waals surface area contributed by atoms with Gasteiger partial charge in [-0.3, -0.25) is 0 Å². The first-order valence-electron chi connectivity index (χ1n) is 5.55. The molecule has 0 aromatic rings. The molecule has 0 amide bonds. The van der Waals surface area contributed by atoms with Crippen LogP contribution in [0.2, 0.25) is 0 Å². The number of nitrogens with zero attached hydrogens (tertiary/aromatic N) is 1. The first-order valence-corrected chi connectivity index (χ1v) is 5.55. The van der Waals surface area contributed by atoms with E-state index in [2.05, 4.69) is 31.0 Å². The molecule has 1 aliphatic heterocycles. The van der Waals surface area contributed by atoms with Crippen molar-refractivity contribution in [2.75, 3.05) is 13.1 Å². The lowest BCUT2D eigenvalue weighted by Crippen LogP contribution is -2.24. The summed E-state index contributed by atoms with van der Waals surface area (Å²) >= 11 is 0. The molecule has 0 N–H and O–H groups in total. The fraction of sp³-hybridized carbons (Fsp3) is 0.750. The van der Waals surface area contributed by atoms with Crippen LogP contribution in [0.4, 0.5) is 0 Å². The Morgan fingerprint density at radius 3 is 2.54 bits per heavy atom. The zero-order valence-corrected chi connectivity index (χ0v) is 9.05. The van der Waals surface area contributed by atoms with Gasteiger partial charge in [-0.2, -0.15) is 0 Å². The van der Waals surface area contributed by atoms with Crippen molar-refractivity contribution in [2.24, 2.45) is 0 Å². The van der Waals surface area contributed by atoms with Crippen LogP contribution in [0.25, 0.3) is 0 Å². The summed E-state index contributed by atoms with van der Waals surface area (Å²) in [6, 6.07) is 0. The monoisotopic (exact) mass is 180 g/mol. The molecule has 1 fully saturated rings. The third-order valence-electron chi connectivity index (χ3n) is 2.78. The molecule has 13 heavy (non-hydrogen) atoms. The molecule has 0 bridgehead atoms. The van der Waals surface area contributed by atoms with Gasteiger partial charge in [0, 0.05) is 13.1 Å². The topological polar surface area (TPSA) is 3.24 Å². The Kier molecular flexibility index (Phi) is 4.95. The molecule has 0 aromatic heterocycles. The minimum absolute atomic E-state index is 1.16. The van der Waals surface area contributed by atoms with Gasteiger partial charge < -0.3 is 4.90 Å². The molecule has 1 aliphatic rings. The molecule has 0 aromatic carbocycles. The van der Waals surface area contributed by atoms with E-state index in [0.717, 1.165) is 6.42 Å².